The highest BCUT2D eigenvalue weighted by atomic mass is 16.7. The van der Waals surface area contributed by atoms with E-state index in [-0.39, 0.29) is 0 Å². The van der Waals surface area contributed by atoms with Crippen molar-refractivity contribution in [1.29, 1.82) is 0 Å². The van der Waals surface area contributed by atoms with Gasteiger partial charge in [-0.15, -0.1) is 0 Å². The van der Waals surface area contributed by atoms with Crippen LogP contribution in [0.4, 0.5) is 5.69 Å². The number of nitrogens with zero attached hydrogens (tertiary/aromatic N) is 1. The lowest BCUT2D eigenvalue weighted by Gasteiger charge is -2.36. The molecule has 2 heterocycles. The lowest BCUT2D eigenvalue weighted by molar-refractivity contribution is 0.00578. The molecule has 0 N–H and O–H groups in total. The number of hydrogen-bond donors (Lipinski definition) is 0. The Labute approximate surface area is 161 Å². The number of benzene rings is 2. The molecule has 4 nitrogen and oxygen atoms in total. The molecular weight excluding hydrogens is 337 g/mol. The van der Waals surface area contributed by atoms with Crippen LogP contribution < -0.4 is 10.2 Å². The molecule has 2 aromatic carbocycles. The molecule has 4 rings (SSSR count). The maximum absolute atomic E-state index is 7.35. The van der Waals surface area contributed by atoms with Gasteiger partial charge in [0.15, 0.2) is 5.69 Å². The molecule has 1 fully saturated rings. The first-order valence-electron chi connectivity index (χ1n) is 9.26. The lowest BCUT2D eigenvalue weighted by atomic mass is 9.71. The molecule has 2 aromatic rings. The van der Waals surface area contributed by atoms with Crippen molar-refractivity contribution < 1.29 is 14.0 Å². The second-order valence-electron chi connectivity index (χ2n) is 8.76. The van der Waals surface area contributed by atoms with E-state index in [9.17, 15) is 0 Å². The molecule has 0 saturated carbocycles. The van der Waals surface area contributed by atoms with Crippen LogP contribution in [0.3, 0.4) is 0 Å². The van der Waals surface area contributed by atoms with Crippen LogP contribution in [0.2, 0.25) is 0 Å². The standard InChI is InChI=1S/C22H24BNO3/c1-20(2)16-13-14(24-7)11-12-15(16)19-17(9-8-10-18(19)25-20)23-26-21(3,4)22(5,6)27-23/h8-13H,1-6H3. The number of ether oxygens (including phenoxy) is 1. The molecule has 138 valence electrons. The molecule has 27 heavy (non-hydrogen) atoms. The van der Waals surface area contributed by atoms with E-state index >= 15 is 0 Å². The van der Waals surface area contributed by atoms with Crippen LogP contribution in [0.5, 0.6) is 5.75 Å². The predicted molar refractivity (Wildman–Crippen MR) is 108 cm³/mol. The Morgan fingerprint density at radius 2 is 1.59 bits per heavy atom. The predicted octanol–water partition coefficient (Wildman–Crippen LogP) is 4.83. The van der Waals surface area contributed by atoms with Gasteiger partial charge >= 0.3 is 7.12 Å². The molecule has 2 aliphatic rings. The van der Waals surface area contributed by atoms with Crippen molar-refractivity contribution in [1.82, 2.24) is 0 Å². The van der Waals surface area contributed by atoms with E-state index in [1.165, 1.54) is 0 Å². The van der Waals surface area contributed by atoms with E-state index in [1.54, 1.807) is 0 Å². The van der Waals surface area contributed by atoms with Gasteiger partial charge in [-0.2, -0.15) is 0 Å². The molecule has 0 spiro atoms. The van der Waals surface area contributed by atoms with Gasteiger partial charge in [0.25, 0.3) is 0 Å². The largest absolute Gasteiger partial charge is 0.495 e. The zero-order valence-corrected chi connectivity index (χ0v) is 16.7. The SMILES string of the molecule is [C-]#[N+]c1ccc2c(c1)C(C)(C)Oc1cccc(B3OC(C)(C)C(C)(C)O3)c1-2. The number of hydrogen-bond acceptors (Lipinski definition) is 3. The first-order chi connectivity index (χ1) is 12.6. The quantitative estimate of drug-likeness (QED) is 0.539. The van der Waals surface area contributed by atoms with E-state index in [0.717, 1.165) is 27.9 Å². The van der Waals surface area contributed by atoms with Crippen LogP contribution in [0.25, 0.3) is 16.0 Å². The summed E-state index contributed by atoms with van der Waals surface area (Å²) in [5.74, 6) is 0.815. The molecule has 0 bridgehead atoms. The minimum absolute atomic E-state index is 0.411. The summed E-state index contributed by atoms with van der Waals surface area (Å²) in [5.41, 5.74) is 3.30. The van der Waals surface area contributed by atoms with Gasteiger partial charge in [-0.05, 0) is 70.3 Å². The van der Waals surface area contributed by atoms with Gasteiger partial charge in [0.1, 0.15) is 11.4 Å². The number of rotatable bonds is 1. The topological polar surface area (TPSA) is 32.0 Å². The van der Waals surface area contributed by atoms with Crippen LogP contribution in [0, 0.1) is 6.57 Å². The van der Waals surface area contributed by atoms with Gasteiger partial charge < -0.3 is 14.0 Å². The maximum atomic E-state index is 7.35. The average molecular weight is 361 g/mol. The van der Waals surface area contributed by atoms with Crippen molar-refractivity contribution in [3.63, 3.8) is 0 Å². The van der Waals surface area contributed by atoms with Crippen LogP contribution >= 0.6 is 0 Å². The molecular formula is C22H24BNO3. The molecule has 0 aliphatic carbocycles. The monoisotopic (exact) mass is 361 g/mol. The minimum Gasteiger partial charge on any atom is -0.483 e. The maximum Gasteiger partial charge on any atom is 0.495 e. The zero-order valence-electron chi connectivity index (χ0n) is 16.7. The van der Waals surface area contributed by atoms with Crippen LogP contribution in [0.15, 0.2) is 36.4 Å². The summed E-state index contributed by atoms with van der Waals surface area (Å²) in [6, 6.07) is 11.8. The summed E-state index contributed by atoms with van der Waals surface area (Å²) in [6.07, 6.45) is 0. The fourth-order valence-corrected chi connectivity index (χ4v) is 3.74. The molecule has 0 atom stereocenters. The highest BCUT2D eigenvalue weighted by Crippen LogP contribution is 2.46. The van der Waals surface area contributed by atoms with Gasteiger partial charge in [-0.25, -0.2) is 4.85 Å². The van der Waals surface area contributed by atoms with Crippen molar-refractivity contribution in [2.75, 3.05) is 0 Å². The van der Waals surface area contributed by atoms with Crippen LogP contribution in [0.1, 0.15) is 47.1 Å². The minimum atomic E-state index is -0.516. The Hall–Kier alpha value is -2.29. The smallest absolute Gasteiger partial charge is 0.483 e. The van der Waals surface area contributed by atoms with Crippen molar-refractivity contribution in [3.05, 3.63) is 53.4 Å². The van der Waals surface area contributed by atoms with Gasteiger partial charge in [-0.3, -0.25) is 0 Å². The van der Waals surface area contributed by atoms with E-state index in [1.807, 2.05) is 50.2 Å². The zero-order chi connectivity index (χ0) is 19.6. The Morgan fingerprint density at radius 1 is 0.926 bits per heavy atom. The van der Waals surface area contributed by atoms with Crippen molar-refractivity contribution in [2.24, 2.45) is 0 Å². The lowest BCUT2D eigenvalue weighted by Crippen LogP contribution is -2.41. The third kappa shape index (κ3) is 2.67. The first-order valence-corrected chi connectivity index (χ1v) is 9.26. The summed E-state index contributed by atoms with van der Waals surface area (Å²) in [7, 11) is -0.469. The van der Waals surface area contributed by atoms with Crippen molar-refractivity contribution in [2.45, 2.75) is 58.3 Å². The van der Waals surface area contributed by atoms with Crippen molar-refractivity contribution >= 4 is 18.3 Å². The third-order valence-corrected chi connectivity index (χ3v) is 5.98. The summed E-state index contributed by atoms with van der Waals surface area (Å²) in [5, 5.41) is 0. The molecule has 0 radical (unpaired) electrons. The fourth-order valence-electron chi connectivity index (χ4n) is 3.74. The van der Waals surface area contributed by atoms with Gasteiger partial charge in [0.05, 0.1) is 17.8 Å². The van der Waals surface area contributed by atoms with Gasteiger partial charge in [0, 0.05) is 5.56 Å². The highest BCUT2D eigenvalue weighted by Gasteiger charge is 2.53. The normalized spacial score (nSPS) is 21.0. The highest BCUT2D eigenvalue weighted by molar-refractivity contribution is 6.64. The summed E-state index contributed by atoms with van der Waals surface area (Å²) >= 11 is 0. The fraction of sp³-hybridized carbons (Fsp3) is 0.409. The van der Waals surface area contributed by atoms with E-state index in [4.69, 9.17) is 20.6 Å². The van der Waals surface area contributed by atoms with E-state index in [2.05, 4.69) is 32.5 Å². The summed E-state index contributed by atoms with van der Waals surface area (Å²) in [4.78, 5) is 3.58. The molecule has 0 unspecified atom stereocenters. The van der Waals surface area contributed by atoms with Gasteiger partial charge in [0.2, 0.25) is 0 Å². The van der Waals surface area contributed by atoms with E-state index in [0.29, 0.717) is 5.69 Å². The number of fused-ring (bicyclic) bond motifs is 3. The third-order valence-electron chi connectivity index (χ3n) is 5.98. The first kappa shape index (κ1) is 18.1. The molecule has 5 heteroatoms. The molecule has 2 aliphatic heterocycles. The Morgan fingerprint density at radius 3 is 2.22 bits per heavy atom. The molecule has 0 aromatic heterocycles. The molecule has 1 saturated heterocycles. The van der Waals surface area contributed by atoms with E-state index < -0.39 is 23.9 Å². The Balaban J connectivity index is 1.90. The summed E-state index contributed by atoms with van der Waals surface area (Å²) in [6.45, 7) is 19.6. The second-order valence-corrected chi connectivity index (χ2v) is 8.76. The van der Waals surface area contributed by atoms with Crippen LogP contribution in [-0.4, -0.2) is 18.3 Å². The summed E-state index contributed by atoms with van der Waals surface area (Å²) < 4.78 is 18.9. The van der Waals surface area contributed by atoms with Crippen molar-refractivity contribution in [3.8, 4) is 16.9 Å². The van der Waals surface area contributed by atoms with Crippen LogP contribution in [-0.2, 0) is 14.9 Å². The average Bonchev–Trinajstić information content (AvgIpc) is 2.81. The molecule has 0 amide bonds. The Kier molecular flexibility index (Phi) is 3.76. The van der Waals surface area contributed by atoms with Gasteiger partial charge in [-0.1, -0.05) is 24.3 Å². The second kappa shape index (κ2) is 5.61. The Bertz CT molecular complexity index is 956.